The van der Waals surface area contributed by atoms with Gasteiger partial charge in [0.15, 0.2) is 11.5 Å². The summed E-state index contributed by atoms with van der Waals surface area (Å²) in [6.07, 6.45) is 0. The molecule has 0 atom stereocenters. The summed E-state index contributed by atoms with van der Waals surface area (Å²) >= 11 is 0. The molecule has 0 aliphatic heterocycles. The summed E-state index contributed by atoms with van der Waals surface area (Å²) in [6.45, 7) is 1.58. The van der Waals surface area contributed by atoms with Crippen molar-refractivity contribution in [3.8, 4) is 23.5 Å². The number of nitrogens with zero attached hydrogens (tertiary/aromatic N) is 1. The zero-order chi connectivity index (χ0) is 11.9. The summed E-state index contributed by atoms with van der Waals surface area (Å²) in [4.78, 5) is 0. The molecule has 0 saturated heterocycles. The Bertz CT molecular complexity index is 607. The van der Waals surface area contributed by atoms with Crippen LogP contribution in [0.4, 0.5) is 0 Å². The Morgan fingerprint density at radius 2 is 2.12 bits per heavy atom. The van der Waals surface area contributed by atoms with E-state index >= 15 is 0 Å². The zero-order valence-corrected chi connectivity index (χ0v) is 8.74. The number of fused-ring (bicyclic) bond motifs is 1. The first-order chi connectivity index (χ1) is 7.60. The van der Waals surface area contributed by atoms with E-state index in [2.05, 4.69) is 0 Å². The van der Waals surface area contributed by atoms with Gasteiger partial charge in [0.05, 0.1) is 7.11 Å². The number of hydrogen-bond acceptors (Lipinski definition) is 5. The number of ether oxygens (including phenoxy) is 1. The summed E-state index contributed by atoms with van der Waals surface area (Å²) in [7, 11) is 1.38. The molecule has 1 aromatic carbocycles. The molecule has 0 radical (unpaired) electrons. The number of methoxy groups -OCH3 is 1. The number of phenols is 2. The second kappa shape index (κ2) is 3.35. The fourth-order valence-electron chi connectivity index (χ4n) is 1.59. The zero-order valence-electron chi connectivity index (χ0n) is 8.74. The molecule has 5 heteroatoms. The number of nitriles is 1. The number of rotatable bonds is 1. The molecule has 0 unspecified atom stereocenters. The van der Waals surface area contributed by atoms with Crippen LogP contribution in [0.25, 0.3) is 11.0 Å². The Morgan fingerprint density at radius 3 is 2.69 bits per heavy atom. The van der Waals surface area contributed by atoms with E-state index in [1.54, 1.807) is 6.92 Å². The average molecular weight is 219 g/mol. The summed E-state index contributed by atoms with van der Waals surface area (Å²) in [5.74, 6) is -0.469. The van der Waals surface area contributed by atoms with Gasteiger partial charge in [-0.05, 0) is 13.0 Å². The minimum absolute atomic E-state index is 0.0746. The van der Waals surface area contributed by atoms with Crippen LogP contribution in [0.3, 0.4) is 0 Å². The lowest BCUT2D eigenvalue weighted by atomic mass is 10.1. The fourth-order valence-corrected chi connectivity index (χ4v) is 1.59. The van der Waals surface area contributed by atoms with Crippen LogP contribution < -0.4 is 4.74 Å². The van der Waals surface area contributed by atoms with Gasteiger partial charge in [-0.3, -0.25) is 0 Å². The fraction of sp³-hybridized carbons (Fsp3) is 0.182. The van der Waals surface area contributed by atoms with Crippen LogP contribution in [0.1, 0.15) is 11.1 Å². The maximum absolute atomic E-state index is 9.52. The van der Waals surface area contributed by atoms with E-state index in [1.165, 1.54) is 13.2 Å². The molecule has 5 nitrogen and oxygen atoms in total. The Morgan fingerprint density at radius 1 is 1.44 bits per heavy atom. The summed E-state index contributed by atoms with van der Waals surface area (Å²) in [5.41, 5.74) is 0.911. The average Bonchev–Trinajstić information content (AvgIpc) is 2.63. The van der Waals surface area contributed by atoms with E-state index in [4.69, 9.17) is 14.4 Å². The highest BCUT2D eigenvalue weighted by atomic mass is 16.6. The maximum atomic E-state index is 9.52. The van der Waals surface area contributed by atoms with Gasteiger partial charge in [0.2, 0.25) is 0 Å². The molecule has 2 rings (SSSR count). The van der Waals surface area contributed by atoms with Gasteiger partial charge in [-0.25, -0.2) is 0 Å². The number of phenolic OH excluding ortho intramolecular Hbond substituents is 2. The number of hydrogen-bond donors (Lipinski definition) is 2. The highest BCUT2D eigenvalue weighted by Gasteiger charge is 2.20. The quantitative estimate of drug-likeness (QED) is 0.716. The smallest absolute Gasteiger partial charge is 0.303 e. The molecular formula is C11H9NO4. The van der Waals surface area contributed by atoms with Gasteiger partial charge in [0.25, 0.3) is 0 Å². The van der Waals surface area contributed by atoms with E-state index in [0.29, 0.717) is 16.5 Å². The molecule has 0 spiro atoms. The molecule has 0 aliphatic carbocycles. The van der Waals surface area contributed by atoms with Crippen molar-refractivity contribution >= 4 is 11.0 Å². The Kier molecular flexibility index (Phi) is 2.13. The third-order valence-electron chi connectivity index (χ3n) is 2.43. The second-order valence-corrected chi connectivity index (χ2v) is 3.33. The first-order valence-corrected chi connectivity index (χ1v) is 4.52. The van der Waals surface area contributed by atoms with Crippen LogP contribution in [0.5, 0.6) is 17.4 Å². The van der Waals surface area contributed by atoms with Gasteiger partial charge in [-0.1, -0.05) is 0 Å². The van der Waals surface area contributed by atoms with E-state index < -0.39 is 0 Å². The summed E-state index contributed by atoms with van der Waals surface area (Å²) in [6, 6.07) is 3.21. The number of benzene rings is 1. The molecule has 1 heterocycles. The van der Waals surface area contributed by atoms with Gasteiger partial charge in [-0.15, -0.1) is 0 Å². The Labute approximate surface area is 91.1 Å². The molecule has 2 N–H and O–H groups in total. The van der Waals surface area contributed by atoms with Gasteiger partial charge >= 0.3 is 5.95 Å². The number of furan rings is 1. The lowest BCUT2D eigenvalue weighted by Crippen LogP contribution is -1.82. The van der Waals surface area contributed by atoms with Gasteiger partial charge in [0, 0.05) is 10.9 Å². The molecular weight excluding hydrogens is 210 g/mol. The molecule has 82 valence electrons. The van der Waals surface area contributed by atoms with Crippen LogP contribution in [-0.4, -0.2) is 17.3 Å². The number of aryl methyl sites for hydroxylation is 1. The minimum atomic E-state index is -0.287. The van der Waals surface area contributed by atoms with Gasteiger partial charge < -0.3 is 19.4 Å². The normalized spacial score (nSPS) is 10.3. The monoisotopic (exact) mass is 219 g/mol. The molecule has 2 aromatic rings. The van der Waals surface area contributed by atoms with Crippen molar-refractivity contribution in [2.75, 3.05) is 7.11 Å². The maximum Gasteiger partial charge on any atom is 0.303 e. The standard InChI is InChI=1S/C11H9NO4/c1-5-9(14)8(13)3-6-7(4-12)11(15-2)16-10(5)6/h3,13-14H,1-2H3. The van der Waals surface area contributed by atoms with Gasteiger partial charge in [-0.2, -0.15) is 5.26 Å². The third kappa shape index (κ3) is 1.17. The molecule has 1 aromatic heterocycles. The third-order valence-corrected chi connectivity index (χ3v) is 2.43. The van der Waals surface area contributed by atoms with Crippen molar-refractivity contribution in [3.63, 3.8) is 0 Å². The van der Waals surface area contributed by atoms with Crippen LogP contribution in [0.15, 0.2) is 10.5 Å². The van der Waals surface area contributed by atoms with Crippen LogP contribution in [-0.2, 0) is 0 Å². The molecule has 0 aliphatic rings. The minimum Gasteiger partial charge on any atom is -0.504 e. The van der Waals surface area contributed by atoms with Crippen molar-refractivity contribution in [2.24, 2.45) is 0 Å². The summed E-state index contributed by atoms with van der Waals surface area (Å²) < 4.78 is 10.2. The second-order valence-electron chi connectivity index (χ2n) is 3.33. The largest absolute Gasteiger partial charge is 0.504 e. The van der Waals surface area contributed by atoms with Crippen molar-refractivity contribution < 1.29 is 19.4 Å². The van der Waals surface area contributed by atoms with Crippen LogP contribution >= 0.6 is 0 Å². The predicted octanol–water partition coefficient (Wildman–Crippen LogP) is 2.03. The molecule has 16 heavy (non-hydrogen) atoms. The topological polar surface area (TPSA) is 86.6 Å². The SMILES string of the molecule is COc1oc2c(C)c(O)c(O)cc2c1C#N. The highest BCUT2D eigenvalue weighted by molar-refractivity contribution is 5.91. The summed E-state index contributed by atoms with van der Waals surface area (Å²) in [5, 5.41) is 28.4. The molecule has 0 saturated carbocycles. The van der Waals surface area contributed by atoms with Crippen molar-refractivity contribution in [2.45, 2.75) is 6.92 Å². The lowest BCUT2D eigenvalue weighted by Gasteiger charge is -2.01. The molecule has 0 fully saturated rings. The Hall–Kier alpha value is -2.35. The van der Waals surface area contributed by atoms with E-state index in [9.17, 15) is 10.2 Å². The van der Waals surface area contributed by atoms with Crippen molar-refractivity contribution in [1.82, 2.24) is 0 Å². The first kappa shape index (κ1) is 10.2. The Balaban J connectivity index is 2.94. The van der Waals surface area contributed by atoms with Crippen LogP contribution in [0.2, 0.25) is 0 Å². The van der Waals surface area contributed by atoms with Crippen molar-refractivity contribution in [3.05, 3.63) is 17.2 Å². The number of aromatic hydroxyl groups is 2. The van der Waals surface area contributed by atoms with Gasteiger partial charge in [0.1, 0.15) is 17.2 Å². The highest BCUT2D eigenvalue weighted by Crippen LogP contribution is 2.40. The molecule has 0 bridgehead atoms. The van der Waals surface area contributed by atoms with Crippen LogP contribution in [0, 0.1) is 18.3 Å². The van der Waals surface area contributed by atoms with E-state index in [-0.39, 0.29) is 23.0 Å². The van der Waals surface area contributed by atoms with E-state index in [1.807, 2.05) is 6.07 Å². The molecule has 0 amide bonds. The lowest BCUT2D eigenvalue weighted by molar-refractivity contribution is 0.313. The van der Waals surface area contributed by atoms with Crippen molar-refractivity contribution in [1.29, 1.82) is 5.26 Å². The first-order valence-electron chi connectivity index (χ1n) is 4.52. The van der Waals surface area contributed by atoms with E-state index in [0.717, 1.165) is 0 Å². The predicted molar refractivity (Wildman–Crippen MR) is 55.5 cm³/mol.